The van der Waals surface area contributed by atoms with Crippen LogP contribution in [0.25, 0.3) is 22.2 Å². The second kappa shape index (κ2) is 3.89. The first-order valence-electron chi connectivity index (χ1n) is 5.60. The van der Waals surface area contributed by atoms with Crippen LogP contribution in [-0.4, -0.2) is 9.97 Å². The minimum atomic E-state index is 0.870. The van der Waals surface area contributed by atoms with Crippen molar-refractivity contribution in [3.63, 3.8) is 0 Å². The SMILES string of the molecule is CCc1sc(N)cc1-c1c[nH]c2ncccc12. The molecule has 86 valence electrons. The zero-order chi connectivity index (χ0) is 11.8. The molecule has 0 aliphatic carbocycles. The maximum Gasteiger partial charge on any atom is 0.137 e. The summed E-state index contributed by atoms with van der Waals surface area (Å²) in [5.41, 5.74) is 9.25. The van der Waals surface area contributed by atoms with Gasteiger partial charge in [-0.15, -0.1) is 11.3 Å². The number of nitrogens with zero attached hydrogens (tertiary/aromatic N) is 1. The Morgan fingerprint density at radius 2 is 2.29 bits per heavy atom. The van der Waals surface area contributed by atoms with Gasteiger partial charge < -0.3 is 10.7 Å². The van der Waals surface area contributed by atoms with Crippen LogP contribution in [0.5, 0.6) is 0 Å². The second-order valence-corrected chi connectivity index (χ2v) is 5.11. The number of aryl methyl sites for hydroxylation is 1. The van der Waals surface area contributed by atoms with Gasteiger partial charge >= 0.3 is 0 Å². The van der Waals surface area contributed by atoms with E-state index in [1.807, 2.05) is 12.3 Å². The molecule has 3 nitrogen and oxygen atoms in total. The summed E-state index contributed by atoms with van der Waals surface area (Å²) in [6.45, 7) is 2.15. The molecule has 0 saturated carbocycles. The van der Waals surface area contributed by atoms with Crippen molar-refractivity contribution in [3.8, 4) is 11.1 Å². The molecule has 3 aromatic rings. The third-order valence-electron chi connectivity index (χ3n) is 2.89. The van der Waals surface area contributed by atoms with Crippen LogP contribution < -0.4 is 5.73 Å². The highest BCUT2D eigenvalue weighted by atomic mass is 32.1. The Kier molecular flexibility index (Phi) is 2.37. The minimum Gasteiger partial charge on any atom is -0.391 e. The first kappa shape index (κ1) is 10.4. The van der Waals surface area contributed by atoms with Crippen LogP contribution in [0, 0.1) is 0 Å². The van der Waals surface area contributed by atoms with Gasteiger partial charge in [-0.2, -0.15) is 0 Å². The van der Waals surface area contributed by atoms with Crippen molar-refractivity contribution in [3.05, 3.63) is 35.5 Å². The second-order valence-electron chi connectivity index (χ2n) is 3.94. The molecule has 0 aliphatic rings. The third kappa shape index (κ3) is 1.61. The number of rotatable bonds is 2. The molecule has 17 heavy (non-hydrogen) atoms. The van der Waals surface area contributed by atoms with Gasteiger partial charge in [0.15, 0.2) is 0 Å². The Labute approximate surface area is 103 Å². The lowest BCUT2D eigenvalue weighted by Gasteiger charge is -1.99. The highest BCUT2D eigenvalue weighted by Crippen LogP contribution is 2.36. The number of nitrogens with two attached hydrogens (primary N) is 1. The molecule has 0 aliphatic heterocycles. The molecule has 0 aromatic carbocycles. The fourth-order valence-corrected chi connectivity index (χ4v) is 3.00. The molecule has 0 unspecified atom stereocenters. The topological polar surface area (TPSA) is 54.7 Å². The zero-order valence-corrected chi connectivity index (χ0v) is 10.3. The van der Waals surface area contributed by atoms with E-state index in [0.717, 1.165) is 22.5 Å². The Morgan fingerprint density at radius 1 is 1.41 bits per heavy atom. The summed E-state index contributed by atoms with van der Waals surface area (Å²) >= 11 is 1.66. The number of H-pyrrole nitrogens is 1. The maximum absolute atomic E-state index is 5.90. The summed E-state index contributed by atoms with van der Waals surface area (Å²) in [5.74, 6) is 0. The molecular formula is C13H13N3S. The Balaban J connectivity index is 2.26. The number of nitrogen functional groups attached to an aromatic ring is 1. The number of aromatic amines is 1. The van der Waals surface area contributed by atoms with Gasteiger partial charge in [0.2, 0.25) is 0 Å². The van der Waals surface area contributed by atoms with Gasteiger partial charge in [-0.3, -0.25) is 0 Å². The van der Waals surface area contributed by atoms with Crippen LogP contribution in [0.1, 0.15) is 11.8 Å². The van der Waals surface area contributed by atoms with Crippen molar-refractivity contribution in [1.29, 1.82) is 0 Å². The van der Waals surface area contributed by atoms with Crippen molar-refractivity contribution in [2.24, 2.45) is 0 Å². The van der Waals surface area contributed by atoms with E-state index in [9.17, 15) is 0 Å². The largest absolute Gasteiger partial charge is 0.391 e. The smallest absolute Gasteiger partial charge is 0.137 e. The molecule has 3 aromatic heterocycles. The van der Waals surface area contributed by atoms with E-state index >= 15 is 0 Å². The Hall–Kier alpha value is -1.81. The quantitative estimate of drug-likeness (QED) is 0.724. The molecule has 0 amide bonds. The third-order valence-corrected chi connectivity index (χ3v) is 4.00. The van der Waals surface area contributed by atoms with Gasteiger partial charge in [0.1, 0.15) is 5.65 Å². The van der Waals surface area contributed by atoms with Gasteiger partial charge in [0, 0.05) is 28.2 Å². The minimum absolute atomic E-state index is 0.870. The van der Waals surface area contributed by atoms with Crippen molar-refractivity contribution in [2.75, 3.05) is 5.73 Å². The first-order valence-corrected chi connectivity index (χ1v) is 6.42. The molecule has 0 saturated heterocycles. The summed E-state index contributed by atoms with van der Waals surface area (Å²) in [5, 5.41) is 2.02. The summed E-state index contributed by atoms with van der Waals surface area (Å²) in [6.07, 6.45) is 4.81. The summed E-state index contributed by atoms with van der Waals surface area (Å²) < 4.78 is 0. The van der Waals surface area contributed by atoms with Crippen LogP contribution in [0.4, 0.5) is 5.00 Å². The number of thiophene rings is 1. The van der Waals surface area contributed by atoms with Crippen molar-refractivity contribution >= 4 is 27.4 Å². The molecule has 0 fully saturated rings. The molecule has 4 heteroatoms. The molecule has 0 spiro atoms. The van der Waals surface area contributed by atoms with Crippen LogP contribution in [0.3, 0.4) is 0 Å². The number of hydrogen-bond acceptors (Lipinski definition) is 3. The fraction of sp³-hybridized carbons (Fsp3) is 0.154. The number of fused-ring (bicyclic) bond motifs is 1. The molecule has 0 atom stereocenters. The van der Waals surface area contributed by atoms with Gasteiger partial charge in [-0.05, 0) is 30.2 Å². The van der Waals surface area contributed by atoms with E-state index in [2.05, 4.69) is 29.0 Å². The monoisotopic (exact) mass is 243 g/mol. The zero-order valence-electron chi connectivity index (χ0n) is 9.53. The number of aromatic nitrogens is 2. The number of anilines is 1. The van der Waals surface area contributed by atoms with Gasteiger partial charge in [-0.1, -0.05) is 6.92 Å². The average molecular weight is 243 g/mol. The molecule has 0 radical (unpaired) electrons. The van der Waals surface area contributed by atoms with Crippen LogP contribution in [0.2, 0.25) is 0 Å². The van der Waals surface area contributed by atoms with Crippen molar-refractivity contribution in [1.82, 2.24) is 9.97 Å². The first-order chi connectivity index (χ1) is 8.29. The molecule has 3 N–H and O–H groups in total. The maximum atomic E-state index is 5.90. The molecule has 0 bridgehead atoms. The summed E-state index contributed by atoms with van der Waals surface area (Å²) in [7, 11) is 0. The van der Waals surface area contributed by atoms with Crippen LogP contribution >= 0.6 is 11.3 Å². The standard InChI is InChI=1S/C13H13N3S/c1-2-11-9(6-12(14)17-11)10-7-16-13-8(10)4-3-5-15-13/h3-7H,2,14H2,1H3,(H,15,16). The van der Waals surface area contributed by atoms with E-state index in [1.165, 1.54) is 16.0 Å². The summed E-state index contributed by atoms with van der Waals surface area (Å²) in [6, 6.07) is 6.10. The lowest BCUT2D eigenvalue weighted by Crippen LogP contribution is -1.79. The van der Waals surface area contributed by atoms with E-state index < -0.39 is 0 Å². The molecular weight excluding hydrogens is 230 g/mol. The Bertz CT molecular complexity index is 666. The number of pyridine rings is 1. The predicted molar refractivity (Wildman–Crippen MR) is 73.2 cm³/mol. The number of hydrogen-bond donors (Lipinski definition) is 2. The fourth-order valence-electron chi connectivity index (χ4n) is 2.12. The van der Waals surface area contributed by atoms with Crippen LogP contribution in [0.15, 0.2) is 30.6 Å². The van der Waals surface area contributed by atoms with Gasteiger partial charge in [0.25, 0.3) is 0 Å². The van der Waals surface area contributed by atoms with E-state index in [4.69, 9.17) is 5.73 Å². The number of nitrogens with one attached hydrogen (secondary N) is 1. The van der Waals surface area contributed by atoms with E-state index in [0.29, 0.717) is 0 Å². The van der Waals surface area contributed by atoms with Crippen molar-refractivity contribution < 1.29 is 0 Å². The van der Waals surface area contributed by atoms with Gasteiger partial charge in [-0.25, -0.2) is 4.98 Å². The van der Waals surface area contributed by atoms with Crippen LogP contribution in [-0.2, 0) is 6.42 Å². The van der Waals surface area contributed by atoms with E-state index in [1.54, 1.807) is 17.5 Å². The highest BCUT2D eigenvalue weighted by molar-refractivity contribution is 7.16. The van der Waals surface area contributed by atoms with E-state index in [-0.39, 0.29) is 0 Å². The lowest BCUT2D eigenvalue weighted by atomic mass is 10.1. The molecule has 3 rings (SSSR count). The predicted octanol–water partition coefficient (Wildman–Crippen LogP) is 3.44. The van der Waals surface area contributed by atoms with Crippen molar-refractivity contribution in [2.45, 2.75) is 13.3 Å². The van der Waals surface area contributed by atoms with Gasteiger partial charge in [0.05, 0.1) is 5.00 Å². The summed E-state index contributed by atoms with van der Waals surface area (Å²) in [4.78, 5) is 8.83. The normalized spacial score (nSPS) is 11.1. The molecule has 3 heterocycles. The lowest BCUT2D eigenvalue weighted by molar-refractivity contribution is 1.19. The average Bonchev–Trinajstić information content (AvgIpc) is 2.91. The highest BCUT2D eigenvalue weighted by Gasteiger charge is 2.12. The Morgan fingerprint density at radius 3 is 3.12 bits per heavy atom.